The van der Waals surface area contributed by atoms with Crippen molar-refractivity contribution in [2.45, 2.75) is 0 Å². The van der Waals surface area contributed by atoms with Crippen LogP contribution in [0.25, 0.3) is 0 Å². The van der Waals surface area contributed by atoms with Crippen molar-refractivity contribution < 1.29 is 0 Å². The van der Waals surface area contributed by atoms with Crippen molar-refractivity contribution in [3.05, 3.63) is 11.1 Å². The highest BCUT2D eigenvalue weighted by atomic mass is 16.3. The van der Waals surface area contributed by atoms with E-state index < -0.39 is 0 Å². The molecule has 0 spiro atoms. The maximum absolute atomic E-state index is 9.05. The molecule has 0 saturated heterocycles. The van der Waals surface area contributed by atoms with Crippen molar-refractivity contribution >= 4 is 5.87 Å². The molecule has 0 aromatic carbocycles. The number of nitroso groups, excluding NO2 is 1. The summed E-state index contributed by atoms with van der Waals surface area (Å²) in [6, 6.07) is 0. The topological polar surface area (TPSA) is 65.3 Å². The monoisotopic (exact) mass is 85.0 g/mol. The predicted molar refractivity (Wildman–Crippen MR) is 21.2 cm³/mol. The smallest absolute Gasteiger partial charge is 0.0839 e. The average Bonchev–Trinajstić information content (AvgIpc) is 1.61. The molecule has 4 nitrogen and oxygen atoms in total. The van der Waals surface area contributed by atoms with Crippen molar-refractivity contribution in [3.8, 4) is 0 Å². The van der Waals surface area contributed by atoms with E-state index in [1.807, 2.05) is 5.43 Å². The highest BCUT2D eigenvalue weighted by Gasteiger charge is 1.54. The second-order valence-corrected chi connectivity index (χ2v) is 0.509. The van der Waals surface area contributed by atoms with Crippen molar-refractivity contribution in [3.63, 3.8) is 0 Å². The van der Waals surface area contributed by atoms with Crippen LogP contribution in [0.4, 0.5) is 0 Å². The zero-order chi connectivity index (χ0) is 4.83. The first-order chi connectivity index (χ1) is 2.91. The Morgan fingerprint density at radius 3 is 2.83 bits per heavy atom. The van der Waals surface area contributed by atoms with Gasteiger partial charge in [0.05, 0.1) is 11.5 Å². The highest BCUT2D eigenvalue weighted by Crippen LogP contribution is 1.46. The summed E-state index contributed by atoms with van der Waals surface area (Å²) in [5, 5.41) is 8.33. The summed E-state index contributed by atoms with van der Waals surface area (Å²) < 4.78 is 0. The second-order valence-electron chi connectivity index (χ2n) is 0.509. The maximum Gasteiger partial charge on any atom is 0.0839 e. The summed E-state index contributed by atoms with van der Waals surface area (Å²) in [6.45, 7) is 0. The van der Waals surface area contributed by atoms with Gasteiger partial charge in [-0.25, -0.2) is 5.43 Å². The van der Waals surface area contributed by atoms with Crippen molar-refractivity contribution in [1.82, 2.24) is 5.43 Å². The lowest BCUT2D eigenvalue weighted by molar-refractivity contribution is 0.963. The largest absolute Gasteiger partial charge is 0.257 e. The number of hydrogen-bond donors (Lipinski definition) is 2. The molecule has 0 bridgehead atoms. The third kappa shape index (κ3) is 2.85. The summed E-state index contributed by atoms with van der Waals surface area (Å²) in [6.07, 6.45) is 0.993. The zero-order valence-corrected chi connectivity index (χ0v) is 2.93. The van der Waals surface area contributed by atoms with Crippen LogP contribution in [0.1, 0.15) is 0 Å². The molecule has 0 radical (unpaired) electrons. The number of hydrogen-bond acceptors (Lipinski definition) is 3. The van der Waals surface area contributed by atoms with Gasteiger partial charge in [0.2, 0.25) is 0 Å². The van der Waals surface area contributed by atoms with Crippen LogP contribution in [0.3, 0.4) is 0 Å². The summed E-state index contributed by atoms with van der Waals surface area (Å²) in [4.78, 5) is 9.05. The van der Waals surface area contributed by atoms with Crippen LogP contribution < -0.4 is 5.43 Å². The molecule has 0 rings (SSSR count). The van der Waals surface area contributed by atoms with Crippen LogP contribution in [-0.2, 0) is 0 Å². The molecule has 32 valence electrons. The molecule has 6 heavy (non-hydrogen) atoms. The quantitative estimate of drug-likeness (QED) is 0.282. The minimum absolute atomic E-state index is 0.993. The first-order valence-electron chi connectivity index (χ1n) is 1.23. The molecule has 0 aliphatic rings. The molecular formula is C2H3N3O. The fourth-order valence-corrected chi connectivity index (χ4v) is 0.0586. The lowest BCUT2D eigenvalue weighted by atomic mass is 11.0. The lowest BCUT2D eigenvalue weighted by Crippen LogP contribution is -1.87. The fraction of sp³-hybridized carbons (Fsp3) is 0. The summed E-state index contributed by atoms with van der Waals surface area (Å²) in [7, 11) is 0. The minimum Gasteiger partial charge on any atom is -0.257 e. The van der Waals surface area contributed by atoms with Gasteiger partial charge in [-0.1, -0.05) is 0 Å². The van der Waals surface area contributed by atoms with Crippen LogP contribution >= 0.6 is 0 Å². The predicted octanol–water partition coefficient (Wildman–Crippen LogP) is 0.0196. The van der Waals surface area contributed by atoms with E-state index in [0.717, 1.165) is 6.20 Å². The Bertz CT molecular complexity index is 82.8. The van der Waals surface area contributed by atoms with E-state index in [0.29, 0.717) is 0 Å². The Morgan fingerprint density at radius 1 is 2.00 bits per heavy atom. The van der Waals surface area contributed by atoms with Gasteiger partial charge in [0, 0.05) is 0 Å². The molecule has 0 aromatic rings. The minimum atomic E-state index is 0.993. The molecule has 0 fully saturated rings. The van der Waals surface area contributed by atoms with Gasteiger partial charge in [-0.2, -0.15) is 0 Å². The van der Waals surface area contributed by atoms with E-state index in [1.165, 1.54) is 0 Å². The van der Waals surface area contributed by atoms with Gasteiger partial charge in [-0.15, -0.1) is 4.91 Å². The van der Waals surface area contributed by atoms with Crippen molar-refractivity contribution in [1.29, 1.82) is 5.41 Å². The Labute approximate surface area is 34.3 Å². The van der Waals surface area contributed by atoms with Gasteiger partial charge < -0.3 is 0 Å². The van der Waals surface area contributed by atoms with Crippen LogP contribution in [0.5, 0.6) is 0 Å². The molecule has 2 N–H and O–H groups in total. The first-order valence-corrected chi connectivity index (χ1v) is 1.23. The number of nitrogens with one attached hydrogen (secondary N) is 2. The normalized spacial score (nSPS) is 5.33. The van der Waals surface area contributed by atoms with E-state index in [4.69, 9.17) is 10.3 Å². The van der Waals surface area contributed by atoms with Gasteiger partial charge in [-0.05, 0) is 5.87 Å². The van der Waals surface area contributed by atoms with Gasteiger partial charge in [-0.3, -0.25) is 5.41 Å². The molecule has 4 heteroatoms. The van der Waals surface area contributed by atoms with E-state index in [1.54, 1.807) is 5.87 Å². The van der Waals surface area contributed by atoms with Crippen molar-refractivity contribution in [2.24, 2.45) is 5.29 Å². The fourth-order valence-electron chi connectivity index (χ4n) is 0.0586. The standard InChI is InChI=1S/C2H3N3O/c3-1-2-4-5-6/h2-3H,(H,4,6). The van der Waals surface area contributed by atoms with E-state index in [9.17, 15) is 0 Å². The SMILES string of the molecule is N=C=CNN=O. The molecule has 0 saturated carbocycles. The Balaban J connectivity index is 3.07. The van der Waals surface area contributed by atoms with E-state index in [2.05, 4.69) is 5.29 Å². The van der Waals surface area contributed by atoms with Gasteiger partial charge in [0.15, 0.2) is 0 Å². The molecule has 0 amide bonds. The van der Waals surface area contributed by atoms with Crippen LogP contribution in [-0.4, -0.2) is 5.87 Å². The summed E-state index contributed by atoms with van der Waals surface area (Å²) in [5.74, 6) is 1.79. The van der Waals surface area contributed by atoms with Crippen molar-refractivity contribution in [2.75, 3.05) is 0 Å². The molecule has 0 aliphatic carbocycles. The highest BCUT2D eigenvalue weighted by molar-refractivity contribution is 5.46. The third-order valence-electron chi connectivity index (χ3n) is 0.189. The average molecular weight is 85.1 g/mol. The molecule has 0 aromatic heterocycles. The van der Waals surface area contributed by atoms with Gasteiger partial charge in [0.25, 0.3) is 0 Å². The number of rotatable bonds is 2. The second kappa shape index (κ2) is 3.85. The Morgan fingerprint density at radius 2 is 2.67 bits per heavy atom. The van der Waals surface area contributed by atoms with E-state index >= 15 is 0 Å². The van der Waals surface area contributed by atoms with Crippen LogP contribution in [0.15, 0.2) is 11.5 Å². The van der Waals surface area contributed by atoms with Gasteiger partial charge in [0.1, 0.15) is 0 Å². The molecule has 0 aliphatic heterocycles. The first kappa shape index (κ1) is 4.85. The number of nitrogens with zero attached hydrogens (tertiary/aromatic N) is 1. The lowest BCUT2D eigenvalue weighted by Gasteiger charge is -1.67. The van der Waals surface area contributed by atoms with Crippen LogP contribution in [0.2, 0.25) is 0 Å². The summed E-state index contributed by atoms with van der Waals surface area (Å²) >= 11 is 0. The molecular weight excluding hydrogens is 82.0 g/mol. The van der Waals surface area contributed by atoms with Crippen LogP contribution in [0, 0.1) is 10.3 Å². The maximum atomic E-state index is 9.05. The zero-order valence-electron chi connectivity index (χ0n) is 2.93. The molecule has 0 heterocycles. The van der Waals surface area contributed by atoms with Gasteiger partial charge >= 0.3 is 0 Å². The Kier molecular flexibility index (Phi) is 3.11. The third-order valence-corrected chi connectivity index (χ3v) is 0.189. The molecule has 0 atom stereocenters. The summed E-state index contributed by atoms with van der Waals surface area (Å²) in [5.41, 5.74) is 1.84. The Hall–Kier alpha value is -1.15. The molecule has 0 unspecified atom stereocenters. The van der Waals surface area contributed by atoms with E-state index in [-0.39, 0.29) is 0 Å².